The molecule has 28 heavy (non-hydrogen) atoms. The van der Waals surface area contributed by atoms with Crippen molar-refractivity contribution >= 4 is 17.3 Å². The largest absolute Gasteiger partial charge is 0.381 e. The Kier molecular flexibility index (Phi) is 7.48. The maximum absolute atomic E-state index is 12.6. The topological polar surface area (TPSA) is 59.4 Å². The van der Waals surface area contributed by atoms with Crippen LogP contribution >= 0.6 is 11.6 Å². The molecule has 2 aromatic rings. The summed E-state index contributed by atoms with van der Waals surface area (Å²) < 4.78 is 6.88. The van der Waals surface area contributed by atoms with Crippen LogP contribution in [0.2, 0.25) is 5.02 Å². The molecule has 0 bridgehead atoms. The van der Waals surface area contributed by atoms with Crippen molar-refractivity contribution in [3.05, 3.63) is 57.5 Å². The van der Waals surface area contributed by atoms with E-state index >= 15 is 0 Å². The predicted molar refractivity (Wildman–Crippen MR) is 113 cm³/mol. The Morgan fingerprint density at radius 1 is 1.21 bits per heavy atom. The Labute approximate surface area is 171 Å². The summed E-state index contributed by atoms with van der Waals surface area (Å²) in [5.41, 5.74) is 1.33. The third-order valence-corrected chi connectivity index (χ3v) is 5.36. The van der Waals surface area contributed by atoms with Crippen molar-refractivity contribution in [3.63, 3.8) is 0 Å². The Balaban J connectivity index is 1.68. The van der Waals surface area contributed by atoms with Crippen LogP contribution in [0.4, 0.5) is 5.69 Å². The highest BCUT2D eigenvalue weighted by Gasteiger charge is 2.22. The third kappa shape index (κ3) is 5.56. The van der Waals surface area contributed by atoms with Gasteiger partial charge in [0, 0.05) is 25.7 Å². The van der Waals surface area contributed by atoms with Crippen molar-refractivity contribution in [2.75, 3.05) is 38.2 Å². The number of anilines is 1. The van der Waals surface area contributed by atoms with Crippen LogP contribution in [0, 0.1) is 5.92 Å². The number of benzene rings is 1. The van der Waals surface area contributed by atoms with E-state index in [1.165, 1.54) is 4.68 Å². The summed E-state index contributed by atoms with van der Waals surface area (Å²) in [6, 6.07) is 10.1. The SMILES string of the molecule is CC(C)CC(CNc1cnn(Cc2ccccc2)c(=O)c1Cl)N1CCOCC1. The molecular formula is C21H29ClN4O2. The molecule has 1 aromatic carbocycles. The fourth-order valence-electron chi connectivity index (χ4n) is 3.53. The van der Waals surface area contributed by atoms with Crippen LogP contribution in [0.15, 0.2) is 41.3 Å². The van der Waals surface area contributed by atoms with Gasteiger partial charge in [-0.25, -0.2) is 4.68 Å². The molecule has 3 rings (SSSR count). The van der Waals surface area contributed by atoms with E-state index in [0.717, 1.165) is 44.8 Å². The van der Waals surface area contributed by atoms with Crippen LogP contribution in [0.25, 0.3) is 0 Å². The molecule has 1 aliphatic rings. The van der Waals surface area contributed by atoms with E-state index in [1.807, 2.05) is 30.3 Å². The lowest BCUT2D eigenvalue weighted by Gasteiger charge is -2.35. The summed E-state index contributed by atoms with van der Waals surface area (Å²) in [5.74, 6) is 0.585. The minimum absolute atomic E-state index is 0.191. The highest BCUT2D eigenvalue weighted by molar-refractivity contribution is 6.32. The van der Waals surface area contributed by atoms with Crippen LogP contribution in [0.1, 0.15) is 25.8 Å². The van der Waals surface area contributed by atoms with Gasteiger partial charge in [0.05, 0.1) is 31.6 Å². The third-order valence-electron chi connectivity index (χ3n) is 4.99. The predicted octanol–water partition coefficient (Wildman–Crippen LogP) is 3.10. The maximum Gasteiger partial charge on any atom is 0.287 e. The van der Waals surface area contributed by atoms with Crippen LogP contribution in [-0.4, -0.2) is 53.6 Å². The van der Waals surface area contributed by atoms with Crippen molar-refractivity contribution in [1.29, 1.82) is 0 Å². The second-order valence-electron chi connectivity index (χ2n) is 7.63. The minimum Gasteiger partial charge on any atom is -0.381 e. The Morgan fingerprint density at radius 2 is 1.93 bits per heavy atom. The lowest BCUT2D eigenvalue weighted by molar-refractivity contribution is 0.0151. The highest BCUT2D eigenvalue weighted by Crippen LogP contribution is 2.19. The molecule has 1 aliphatic heterocycles. The molecule has 1 atom stereocenters. The molecule has 1 aromatic heterocycles. The summed E-state index contributed by atoms with van der Waals surface area (Å²) in [6.45, 7) is 9.00. The average Bonchev–Trinajstić information content (AvgIpc) is 2.71. The second kappa shape index (κ2) is 10.0. The van der Waals surface area contributed by atoms with Gasteiger partial charge >= 0.3 is 0 Å². The molecule has 2 heterocycles. The van der Waals surface area contributed by atoms with Crippen molar-refractivity contribution < 1.29 is 4.74 Å². The van der Waals surface area contributed by atoms with E-state index in [1.54, 1.807) is 6.20 Å². The van der Waals surface area contributed by atoms with Crippen molar-refractivity contribution in [2.45, 2.75) is 32.9 Å². The van der Waals surface area contributed by atoms with Gasteiger partial charge in [0.2, 0.25) is 0 Å². The molecule has 0 amide bonds. The summed E-state index contributed by atoms with van der Waals surface area (Å²) in [4.78, 5) is 15.1. The molecule has 0 saturated carbocycles. The summed E-state index contributed by atoms with van der Waals surface area (Å²) >= 11 is 6.37. The molecule has 1 unspecified atom stereocenters. The number of aromatic nitrogens is 2. The molecule has 0 spiro atoms. The summed E-state index contributed by atoms with van der Waals surface area (Å²) in [6.07, 6.45) is 2.72. The van der Waals surface area contributed by atoms with E-state index in [9.17, 15) is 4.79 Å². The fraction of sp³-hybridized carbons (Fsp3) is 0.524. The molecule has 7 heteroatoms. The molecule has 1 fully saturated rings. The van der Waals surface area contributed by atoms with E-state index in [0.29, 0.717) is 24.2 Å². The lowest BCUT2D eigenvalue weighted by atomic mass is 10.0. The van der Waals surface area contributed by atoms with Gasteiger partial charge in [-0.05, 0) is 17.9 Å². The normalized spacial score (nSPS) is 16.3. The first-order valence-corrected chi connectivity index (χ1v) is 10.3. The molecule has 0 aliphatic carbocycles. The lowest BCUT2D eigenvalue weighted by Crippen LogP contribution is -2.47. The summed E-state index contributed by atoms with van der Waals surface area (Å²) in [7, 11) is 0. The smallest absolute Gasteiger partial charge is 0.287 e. The Morgan fingerprint density at radius 3 is 2.61 bits per heavy atom. The Hall–Kier alpha value is -1.89. The van der Waals surface area contributed by atoms with Gasteiger partial charge in [0.1, 0.15) is 5.02 Å². The molecular weight excluding hydrogens is 376 g/mol. The van der Waals surface area contributed by atoms with Gasteiger partial charge in [0.25, 0.3) is 5.56 Å². The molecule has 1 saturated heterocycles. The number of morpholine rings is 1. The zero-order valence-corrected chi connectivity index (χ0v) is 17.4. The van der Waals surface area contributed by atoms with Crippen LogP contribution < -0.4 is 10.9 Å². The van der Waals surface area contributed by atoms with Gasteiger partial charge in [-0.2, -0.15) is 5.10 Å². The van der Waals surface area contributed by atoms with Gasteiger partial charge in [-0.3, -0.25) is 9.69 Å². The number of halogens is 1. The first-order valence-electron chi connectivity index (χ1n) is 9.90. The average molecular weight is 405 g/mol. The second-order valence-corrected chi connectivity index (χ2v) is 8.01. The molecule has 0 radical (unpaired) electrons. The zero-order valence-electron chi connectivity index (χ0n) is 16.6. The molecule has 1 N–H and O–H groups in total. The van der Waals surface area contributed by atoms with E-state index in [4.69, 9.17) is 16.3 Å². The zero-order chi connectivity index (χ0) is 19.9. The number of ether oxygens (including phenoxy) is 1. The first kappa shape index (κ1) is 20.8. The number of hydrogen-bond acceptors (Lipinski definition) is 5. The number of nitrogens with zero attached hydrogens (tertiary/aromatic N) is 3. The van der Waals surface area contributed by atoms with Crippen molar-refractivity contribution in [3.8, 4) is 0 Å². The van der Waals surface area contributed by atoms with Crippen molar-refractivity contribution in [1.82, 2.24) is 14.7 Å². The van der Waals surface area contributed by atoms with Crippen LogP contribution in [-0.2, 0) is 11.3 Å². The highest BCUT2D eigenvalue weighted by atomic mass is 35.5. The van der Waals surface area contributed by atoms with Crippen LogP contribution in [0.3, 0.4) is 0 Å². The van der Waals surface area contributed by atoms with Crippen molar-refractivity contribution in [2.24, 2.45) is 5.92 Å². The number of hydrogen-bond donors (Lipinski definition) is 1. The van der Waals surface area contributed by atoms with Gasteiger partial charge in [-0.1, -0.05) is 55.8 Å². The summed E-state index contributed by atoms with van der Waals surface area (Å²) in [5, 5.41) is 7.86. The Bertz CT molecular complexity index is 804. The fourth-order valence-corrected chi connectivity index (χ4v) is 3.75. The van der Waals surface area contributed by atoms with Gasteiger partial charge < -0.3 is 10.1 Å². The van der Waals surface area contributed by atoms with E-state index in [-0.39, 0.29) is 10.6 Å². The number of nitrogens with one attached hydrogen (secondary N) is 1. The van der Waals surface area contributed by atoms with Gasteiger partial charge in [-0.15, -0.1) is 0 Å². The van der Waals surface area contributed by atoms with Gasteiger partial charge in [0.15, 0.2) is 0 Å². The minimum atomic E-state index is -0.276. The standard InChI is InChI=1S/C21H29ClN4O2/c1-16(2)12-18(25-8-10-28-11-9-25)13-23-19-14-24-26(21(27)20(19)22)15-17-6-4-3-5-7-17/h3-7,14,16,18,23H,8-13,15H2,1-2H3. The van der Waals surface area contributed by atoms with E-state index < -0.39 is 0 Å². The maximum atomic E-state index is 12.6. The molecule has 6 nitrogen and oxygen atoms in total. The quantitative estimate of drug-likeness (QED) is 0.732. The van der Waals surface area contributed by atoms with E-state index in [2.05, 4.69) is 29.2 Å². The molecule has 152 valence electrons. The number of rotatable bonds is 8. The monoisotopic (exact) mass is 404 g/mol. The first-order chi connectivity index (χ1) is 13.5. The van der Waals surface area contributed by atoms with Crippen LogP contribution in [0.5, 0.6) is 0 Å².